The number of carbonyl (C=O) groups excluding carboxylic acids is 1. The standard InChI is InChI=1S/C20H28N2O7Si2/c1-16(23)22-18-7-6-8-20(13-18)31(26-4,27-5)29-30(24-2,25-3)19-11-9-17(10-12-19)14-28-15-21/h6-13,15,21H,14H2,1-5H3,(H,22,23). The third kappa shape index (κ3) is 5.86. The Morgan fingerprint density at radius 1 is 0.935 bits per heavy atom. The largest absolute Gasteiger partial charge is 0.529 e. The summed E-state index contributed by atoms with van der Waals surface area (Å²) in [5, 5.41) is 11.1. The van der Waals surface area contributed by atoms with Crippen molar-refractivity contribution >= 4 is 46.0 Å². The molecule has 0 aliphatic carbocycles. The summed E-state index contributed by atoms with van der Waals surface area (Å²) in [7, 11) is -0.901. The number of hydrogen-bond acceptors (Lipinski definition) is 8. The van der Waals surface area contributed by atoms with Gasteiger partial charge in [-0.3, -0.25) is 10.2 Å². The molecule has 9 nitrogen and oxygen atoms in total. The molecule has 31 heavy (non-hydrogen) atoms. The first-order chi connectivity index (χ1) is 14.9. The maximum absolute atomic E-state index is 11.5. The molecule has 2 rings (SSSR count). The van der Waals surface area contributed by atoms with Crippen molar-refractivity contribution in [3.05, 3.63) is 54.1 Å². The van der Waals surface area contributed by atoms with E-state index in [2.05, 4.69) is 5.32 Å². The number of amides is 1. The van der Waals surface area contributed by atoms with E-state index in [0.717, 1.165) is 12.0 Å². The number of hydrogen-bond donors (Lipinski definition) is 2. The van der Waals surface area contributed by atoms with Crippen LogP contribution in [0.25, 0.3) is 0 Å². The second-order valence-electron chi connectivity index (χ2n) is 6.42. The van der Waals surface area contributed by atoms with Gasteiger partial charge in [0, 0.05) is 51.4 Å². The highest BCUT2D eigenvalue weighted by atomic mass is 28.5. The highest BCUT2D eigenvalue weighted by molar-refractivity contribution is 6.88. The summed E-state index contributed by atoms with van der Waals surface area (Å²) in [6.45, 7) is 1.72. The fraction of sp³-hybridized carbons (Fsp3) is 0.300. The molecule has 168 valence electrons. The molecule has 0 saturated carbocycles. The molecule has 0 heterocycles. The molecule has 0 aromatic heterocycles. The lowest BCUT2D eigenvalue weighted by atomic mass is 10.2. The third-order valence-corrected chi connectivity index (χ3v) is 10.9. The van der Waals surface area contributed by atoms with E-state index in [1.807, 2.05) is 30.3 Å². The molecule has 0 radical (unpaired) electrons. The minimum absolute atomic E-state index is 0.190. The van der Waals surface area contributed by atoms with Crippen LogP contribution in [0.5, 0.6) is 0 Å². The van der Waals surface area contributed by atoms with Crippen LogP contribution in [-0.4, -0.2) is 58.4 Å². The molecular weight excluding hydrogens is 436 g/mol. The first-order valence-corrected chi connectivity index (χ1v) is 12.8. The lowest BCUT2D eigenvalue weighted by Gasteiger charge is -2.36. The molecule has 0 bridgehead atoms. The van der Waals surface area contributed by atoms with E-state index in [1.54, 1.807) is 18.2 Å². The van der Waals surface area contributed by atoms with Crippen molar-refractivity contribution < 1.29 is 31.4 Å². The summed E-state index contributed by atoms with van der Waals surface area (Å²) in [5.74, 6) is -0.190. The second-order valence-corrected chi connectivity index (χ2v) is 12.2. The summed E-state index contributed by atoms with van der Waals surface area (Å²) in [5.41, 5.74) is 1.48. The molecule has 0 aliphatic rings. The summed E-state index contributed by atoms with van der Waals surface area (Å²) >= 11 is 0. The second kappa shape index (κ2) is 11.3. The topological polar surface area (TPSA) is 108 Å². The highest BCUT2D eigenvalue weighted by Gasteiger charge is 2.55. The van der Waals surface area contributed by atoms with E-state index in [-0.39, 0.29) is 12.5 Å². The van der Waals surface area contributed by atoms with Gasteiger partial charge < -0.3 is 31.9 Å². The predicted octanol–water partition coefficient (Wildman–Crippen LogP) is 1.36. The maximum atomic E-state index is 11.5. The van der Waals surface area contributed by atoms with Gasteiger partial charge >= 0.3 is 17.6 Å². The predicted molar refractivity (Wildman–Crippen MR) is 121 cm³/mol. The molecule has 0 spiro atoms. The van der Waals surface area contributed by atoms with Gasteiger partial charge in [-0.15, -0.1) is 0 Å². The monoisotopic (exact) mass is 464 g/mol. The number of nitrogens with one attached hydrogen (secondary N) is 2. The number of ether oxygens (including phenoxy) is 1. The van der Waals surface area contributed by atoms with Gasteiger partial charge in [0.25, 0.3) is 0 Å². The van der Waals surface area contributed by atoms with E-state index in [0.29, 0.717) is 16.1 Å². The van der Waals surface area contributed by atoms with Crippen molar-refractivity contribution in [2.75, 3.05) is 33.8 Å². The van der Waals surface area contributed by atoms with Crippen molar-refractivity contribution in [1.29, 1.82) is 5.41 Å². The molecular formula is C20H28N2O7Si2. The molecule has 2 N–H and O–H groups in total. The van der Waals surface area contributed by atoms with Crippen LogP contribution in [0.2, 0.25) is 0 Å². The minimum Gasteiger partial charge on any atom is -0.479 e. The van der Waals surface area contributed by atoms with E-state index < -0.39 is 17.6 Å². The zero-order valence-electron chi connectivity index (χ0n) is 18.3. The van der Waals surface area contributed by atoms with Crippen LogP contribution in [0.1, 0.15) is 12.5 Å². The lowest BCUT2D eigenvalue weighted by molar-refractivity contribution is -0.114. The first-order valence-electron chi connectivity index (χ1n) is 9.37. The van der Waals surface area contributed by atoms with E-state index in [4.69, 9.17) is 32.0 Å². The zero-order valence-corrected chi connectivity index (χ0v) is 20.3. The summed E-state index contributed by atoms with van der Waals surface area (Å²) in [6, 6.07) is 14.5. The molecule has 0 atom stereocenters. The number of benzene rings is 2. The molecule has 2 aromatic rings. The molecule has 2 aromatic carbocycles. The van der Waals surface area contributed by atoms with E-state index >= 15 is 0 Å². The summed E-state index contributed by atoms with van der Waals surface area (Å²) < 4.78 is 34.7. The Morgan fingerprint density at radius 3 is 2.03 bits per heavy atom. The summed E-state index contributed by atoms with van der Waals surface area (Å²) in [6.07, 6.45) is 0.895. The number of carbonyl (C=O) groups is 1. The van der Waals surface area contributed by atoms with Gasteiger partial charge in [-0.2, -0.15) is 0 Å². The third-order valence-electron chi connectivity index (χ3n) is 4.52. The Labute approximate surface area is 184 Å². The number of anilines is 1. The number of rotatable bonds is 12. The molecule has 1 amide bonds. The van der Waals surface area contributed by atoms with Gasteiger partial charge in [0.1, 0.15) is 6.61 Å². The van der Waals surface area contributed by atoms with Crippen LogP contribution in [0.15, 0.2) is 48.5 Å². The molecule has 0 saturated heterocycles. The Morgan fingerprint density at radius 2 is 1.52 bits per heavy atom. The van der Waals surface area contributed by atoms with Crippen molar-refractivity contribution in [3.8, 4) is 0 Å². The average Bonchev–Trinajstić information content (AvgIpc) is 2.79. The normalized spacial score (nSPS) is 11.8. The van der Waals surface area contributed by atoms with Crippen LogP contribution < -0.4 is 15.7 Å². The van der Waals surface area contributed by atoms with Crippen LogP contribution in [0.3, 0.4) is 0 Å². The Kier molecular flexibility index (Phi) is 9.06. The van der Waals surface area contributed by atoms with Crippen molar-refractivity contribution in [3.63, 3.8) is 0 Å². The van der Waals surface area contributed by atoms with E-state index in [9.17, 15) is 4.79 Å². The summed E-state index contributed by atoms with van der Waals surface area (Å²) in [4.78, 5) is 11.5. The molecule has 11 heteroatoms. The maximum Gasteiger partial charge on any atom is 0.529 e. The molecule has 0 aliphatic heterocycles. The van der Waals surface area contributed by atoms with Gasteiger partial charge in [0.2, 0.25) is 5.91 Å². The molecule has 0 unspecified atom stereocenters. The average molecular weight is 465 g/mol. The van der Waals surface area contributed by atoms with Crippen LogP contribution in [-0.2, 0) is 38.0 Å². The minimum atomic E-state index is -3.49. The zero-order chi connectivity index (χ0) is 22.9. The van der Waals surface area contributed by atoms with Crippen molar-refractivity contribution in [1.82, 2.24) is 0 Å². The van der Waals surface area contributed by atoms with Crippen molar-refractivity contribution in [2.24, 2.45) is 0 Å². The smallest absolute Gasteiger partial charge is 0.479 e. The first kappa shape index (κ1) is 24.9. The lowest BCUT2D eigenvalue weighted by Crippen LogP contribution is -2.68. The van der Waals surface area contributed by atoms with Crippen LogP contribution in [0, 0.1) is 5.41 Å². The van der Waals surface area contributed by atoms with Crippen LogP contribution in [0.4, 0.5) is 5.69 Å². The SMILES string of the molecule is CO[Si](OC)(O[Si](OC)(OC)c1cccc(NC(C)=O)c1)c1ccc(COC=N)cc1. The highest BCUT2D eigenvalue weighted by Crippen LogP contribution is 2.20. The van der Waals surface area contributed by atoms with Gasteiger partial charge in [0.15, 0.2) is 6.40 Å². The van der Waals surface area contributed by atoms with Crippen LogP contribution >= 0.6 is 0 Å². The van der Waals surface area contributed by atoms with Crippen molar-refractivity contribution in [2.45, 2.75) is 13.5 Å². The van der Waals surface area contributed by atoms with Gasteiger partial charge in [-0.1, -0.05) is 36.4 Å². The Balaban J connectivity index is 2.45. The Hall–Kier alpha value is -2.39. The van der Waals surface area contributed by atoms with Gasteiger partial charge in [-0.05, 0) is 17.7 Å². The fourth-order valence-corrected chi connectivity index (χ4v) is 9.21. The van der Waals surface area contributed by atoms with E-state index in [1.165, 1.54) is 35.4 Å². The van der Waals surface area contributed by atoms with Gasteiger partial charge in [-0.25, -0.2) is 0 Å². The quantitative estimate of drug-likeness (QED) is 0.277. The molecule has 0 fully saturated rings. The Bertz CT molecular complexity index is 872. The van der Waals surface area contributed by atoms with Gasteiger partial charge in [0.05, 0.1) is 0 Å². The fourth-order valence-electron chi connectivity index (χ4n) is 3.03.